The summed E-state index contributed by atoms with van der Waals surface area (Å²) in [6.45, 7) is 4.03. The number of aromatic nitrogens is 1. The molecule has 1 aromatic rings. The SMILES string of the molecule is CC(C)C1=NN(c2cccnc2Cl)C(=O)C1. The molecule has 1 aliphatic rings. The predicted molar refractivity (Wildman–Crippen MR) is 63.6 cm³/mol. The van der Waals surface area contributed by atoms with Crippen molar-refractivity contribution in [2.75, 3.05) is 5.01 Å². The molecular weight excluding hydrogens is 226 g/mol. The average Bonchev–Trinajstić information content (AvgIpc) is 2.61. The van der Waals surface area contributed by atoms with E-state index in [0.29, 0.717) is 17.3 Å². The lowest BCUT2D eigenvalue weighted by Gasteiger charge is -2.12. The molecule has 0 atom stereocenters. The molecule has 4 nitrogen and oxygen atoms in total. The van der Waals surface area contributed by atoms with Crippen molar-refractivity contribution in [3.63, 3.8) is 0 Å². The topological polar surface area (TPSA) is 45.6 Å². The number of hydrazone groups is 1. The first-order chi connectivity index (χ1) is 7.59. The van der Waals surface area contributed by atoms with Crippen molar-refractivity contribution in [2.45, 2.75) is 20.3 Å². The standard InChI is InChI=1S/C11H12ClN3O/c1-7(2)8-6-10(16)15(14-8)9-4-3-5-13-11(9)12/h3-5,7H,6H2,1-2H3. The van der Waals surface area contributed by atoms with E-state index in [0.717, 1.165) is 5.71 Å². The number of pyridine rings is 1. The number of carbonyl (C=O) groups excluding carboxylic acids is 1. The Labute approximate surface area is 98.9 Å². The Kier molecular flexibility index (Phi) is 2.92. The quantitative estimate of drug-likeness (QED) is 0.742. The van der Waals surface area contributed by atoms with Gasteiger partial charge in [-0.3, -0.25) is 4.79 Å². The Morgan fingerprint density at radius 2 is 2.25 bits per heavy atom. The molecule has 1 aromatic heterocycles. The third-order valence-electron chi connectivity index (χ3n) is 2.43. The van der Waals surface area contributed by atoms with Crippen LogP contribution in [0.25, 0.3) is 0 Å². The summed E-state index contributed by atoms with van der Waals surface area (Å²) in [4.78, 5) is 15.7. The van der Waals surface area contributed by atoms with Crippen LogP contribution in [0.1, 0.15) is 20.3 Å². The van der Waals surface area contributed by atoms with E-state index in [1.165, 1.54) is 5.01 Å². The van der Waals surface area contributed by atoms with Gasteiger partial charge >= 0.3 is 0 Å². The summed E-state index contributed by atoms with van der Waals surface area (Å²) in [5.41, 5.74) is 1.43. The third-order valence-corrected chi connectivity index (χ3v) is 2.72. The summed E-state index contributed by atoms with van der Waals surface area (Å²) in [6, 6.07) is 3.47. The smallest absolute Gasteiger partial charge is 0.253 e. The Morgan fingerprint density at radius 1 is 1.50 bits per heavy atom. The zero-order chi connectivity index (χ0) is 11.7. The molecule has 0 aliphatic carbocycles. The highest BCUT2D eigenvalue weighted by molar-refractivity contribution is 6.33. The molecule has 0 fully saturated rings. The van der Waals surface area contributed by atoms with Crippen LogP contribution in [0, 0.1) is 5.92 Å². The Hall–Kier alpha value is -1.42. The lowest BCUT2D eigenvalue weighted by Crippen LogP contribution is -2.20. The number of carbonyl (C=O) groups is 1. The molecule has 0 spiro atoms. The van der Waals surface area contributed by atoms with E-state index in [9.17, 15) is 4.79 Å². The Bertz CT molecular complexity index is 456. The first kappa shape index (κ1) is 11.1. The number of halogens is 1. The summed E-state index contributed by atoms with van der Waals surface area (Å²) in [5, 5.41) is 5.91. The molecule has 2 rings (SSSR count). The fourth-order valence-corrected chi connectivity index (χ4v) is 1.69. The minimum Gasteiger partial charge on any atom is -0.272 e. The van der Waals surface area contributed by atoms with Crippen LogP contribution in [0.4, 0.5) is 5.69 Å². The van der Waals surface area contributed by atoms with Crippen LogP contribution in [0.3, 0.4) is 0 Å². The van der Waals surface area contributed by atoms with E-state index in [1.807, 2.05) is 13.8 Å². The molecule has 0 radical (unpaired) electrons. The molecule has 1 amide bonds. The number of hydrogen-bond acceptors (Lipinski definition) is 3. The first-order valence-corrected chi connectivity index (χ1v) is 5.48. The van der Waals surface area contributed by atoms with E-state index in [1.54, 1.807) is 18.3 Å². The number of nitrogens with zero attached hydrogens (tertiary/aromatic N) is 3. The maximum atomic E-state index is 11.8. The van der Waals surface area contributed by atoms with Gasteiger partial charge in [0.1, 0.15) is 5.69 Å². The summed E-state index contributed by atoms with van der Waals surface area (Å²) >= 11 is 5.92. The van der Waals surface area contributed by atoms with Gasteiger partial charge in [0.25, 0.3) is 5.91 Å². The van der Waals surface area contributed by atoms with Crippen LogP contribution < -0.4 is 5.01 Å². The maximum absolute atomic E-state index is 11.8. The van der Waals surface area contributed by atoms with Crippen molar-refractivity contribution in [3.05, 3.63) is 23.5 Å². The van der Waals surface area contributed by atoms with Gasteiger partial charge in [-0.2, -0.15) is 10.1 Å². The lowest BCUT2D eigenvalue weighted by molar-refractivity contribution is -0.116. The van der Waals surface area contributed by atoms with Crippen molar-refractivity contribution in [1.29, 1.82) is 0 Å². The van der Waals surface area contributed by atoms with Crippen molar-refractivity contribution in [2.24, 2.45) is 11.0 Å². The number of amides is 1. The molecule has 0 unspecified atom stereocenters. The van der Waals surface area contributed by atoms with Crippen LogP contribution in [-0.4, -0.2) is 16.6 Å². The average molecular weight is 238 g/mol. The van der Waals surface area contributed by atoms with Crippen LogP contribution in [0.5, 0.6) is 0 Å². The summed E-state index contributed by atoms with van der Waals surface area (Å²) in [7, 11) is 0. The maximum Gasteiger partial charge on any atom is 0.253 e. The molecular formula is C11H12ClN3O. The predicted octanol–water partition coefficient (Wildman–Crippen LogP) is 2.48. The van der Waals surface area contributed by atoms with Crippen molar-refractivity contribution >= 4 is 28.9 Å². The van der Waals surface area contributed by atoms with Crippen LogP contribution in [0.15, 0.2) is 23.4 Å². The summed E-state index contributed by atoms with van der Waals surface area (Å²) < 4.78 is 0. The van der Waals surface area contributed by atoms with Gasteiger partial charge in [0, 0.05) is 6.20 Å². The monoisotopic (exact) mass is 237 g/mol. The van der Waals surface area contributed by atoms with E-state index >= 15 is 0 Å². The molecule has 16 heavy (non-hydrogen) atoms. The van der Waals surface area contributed by atoms with E-state index in [4.69, 9.17) is 11.6 Å². The van der Waals surface area contributed by atoms with Gasteiger partial charge in [-0.05, 0) is 18.1 Å². The van der Waals surface area contributed by atoms with Crippen LogP contribution in [0.2, 0.25) is 5.15 Å². The Balaban J connectivity index is 2.36. The third kappa shape index (κ3) is 1.93. The highest BCUT2D eigenvalue weighted by atomic mass is 35.5. The zero-order valence-electron chi connectivity index (χ0n) is 9.14. The second-order valence-electron chi connectivity index (χ2n) is 3.94. The van der Waals surface area contributed by atoms with Gasteiger partial charge < -0.3 is 0 Å². The van der Waals surface area contributed by atoms with Gasteiger partial charge in [-0.25, -0.2) is 4.98 Å². The highest BCUT2D eigenvalue weighted by Gasteiger charge is 2.28. The van der Waals surface area contributed by atoms with Crippen molar-refractivity contribution < 1.29 is 4.79 Å². The van der Waals surface area contributed by atoms with Gasteiger partial charge in [-0.15, -0.1) is 0 Å². The highest BCUT2D eigenvalue weighted by Crippen LogP contribution is 2.27. The molecule has 0 saturated heterocycles. The van der Waals surface area contributed by atoms with Crippen molar-refractivity contribution in [3.8, 4) is 0 Å². The zero-order valence-corrected chi connectivity index (χ0v) is 9.90. The first-order valence-electron chi connectivity index (χ1n) is 5.10. The number of anilines is 1. The molecule has 2 heterocycles. The van der Waals surface area contributed by atoms with Crippen LogP contribution >= 0.6 is 11.6 Å². The van der Waals surface area contributed by atoms with Gasteiger partial charge in [-0.1, -0.05) is 25.4 Å². The normalized spacial score (nSPS) is 15.9. The Morgan fingerprint density at radius 3 is 2.81 bits per heavy atom. The number of hydrogen-bond donors (Lipinski definition) is 0. The van der Waals surface area contributed by atoms with Gasteiger partial charge in [0.15, 0.2) is 5.15 Å². The molecule has 0 bridgehead atoms. The summed E-state index contributed by atoms with van der Waals surface area (Å²) in [5.74, 6) is 0.211. The molecule has 0 N–H and O–H groups in total. The van der Waals surface area contributed by atoms with Gasteiger partial charge in [0.05, 0.1) is 12.1 Å². The largest absolute Gasteiger partial charge is 0.272 e. The second-order valence-corrected chi connectivity index (χ2v) is 4.30. The molecule has 1 aliphatic heterocycles. The van der Waals surface area contributed by atoms with Crippen molar-refractivity contribution in [1.82, 2.24) is 4.98 Å². The van der Waals surface area contributed by atoms with E-state index in [-0.39, 0.29) is 11.8 Å². The lowest BCUT2D eigenvalue weighted by atomic mass is 10.1. The fourth-order valence-electron chi connectivity index (χ4n) is 1.49. The molecule has 84 valence electrons. The molecule has 0 saturated carbocycles. The van der Waals surface area contributed by atoms with E-state index in [2.05, 4.69) is 10.1 Å². The van der Waals surface area contributed by atoms with E-state index < -0.39 is 0 Å². The van der Waals surface area contributed by atoms with Crippen LogP contribution in [-0.2, 0) is 4.79 Å². The van der Waals surface area contributed by atoms with Gasteiger partial charge in [0.2, 0.25) is 0 Å². The number of rotatable bonds is 2. The second kappa shape index (κ2) is 4.22. The molecule has 0 aromatic carbocycles. The fraction of sp³-hybridized carbons (Fsp3) is 0.364. The minimum absolute atomic E-state index is 0.0569. The summed E-state index contributed by atoms with van der Waals surface area (Å²) in [6.07, 6.45) is 1.95. The molecule has 5 heteroatoms. The minimum atomic E-state index is -0.0569.